The number of carbonyl (C=O) groups is 2. The summed E-state index contributed by atoms with van der Waals surface area (Å²) >= 11 is 1.51. The minimum Gasteiger partial charge on any atom is -0.353 e. The lowest BCUT2D eigenvalue weighted by Crippen LogP contribution is -2.39. The number of hydrogen-bond acceptors (Lipinski definition) is 4. The van der Waals surface area contributed by atoms with Crippen molar-refractivity contribution in [2.45, 2.75) is 70.4 Å². The number of carbonyl (C=O) groups excluding carboxylic acids is 2. The number of hydrogen-bond donors (Lipinski definition) is 1. The molecule has 2 heterocycles. The third kappa shape index (κ3) is 4.58. The molecule has 0 bridgehead atoms. The lowest BCUT2D eigenvalue weighted by Gasteiger charge is -2.30. The summed E-state index contributed by atoms with van der Waals surface area (Å²) in [4.78, 5) is 31.0. The largest absolute Gasteiger partial charge is 0.353 e. The summed E-state index contributed by atoms with van der Waals surface area (Å²) in [7, 11) is 0. The smallest absolute Gasteiger partial charge is 0.237 e. The zero-order valence-corrected chi connectivity index (χ0v) is 16.8. The Balaban J connectivity index is 1.53. The number of nitrogens with zero attached hydrogens (tertiary/aromatic N) is 2. The van der Waals surface area contributed by atoms with Gasteiger partial charge < -0.3 is 10.2 Å². The highest BCUT2D eigenvalue weighted by atomic mass is 32.2. The number of aromatic nitrogens is 1. The summed E-state index contributed by atoms with van der Waals surface area (Å²) in [5.74, 6) is 1.43. The number of thioether (sulfide) groups is 1. The van der Waals surface area contributed by atoms with Gasteiger partial charge in [-0.2, -0.15) is 0 Å². The molecule has 0 unspecified atom stereocenters. The Kier molecular flexibility index (Phi) is 6.22. The second-order valence-corrected chi connectivity index (χ2v) is 8.66. The van der Waals surface area contributed by atoms with Gasteiger partial charge in [-0.1, -0.05) is 18.7 Å². The number of anilines is 1. The minimum atomic E-state index is 0.109. The monoisotopic (exact) mass is 375 g/mol. The summed E-state index contributed by atoms with van der Waals surface area (Å²) < 4.78 is 0. The molecule has 1 saturated carbocycles. The summed E-state index contributed by atoms with van der Waals surface area (Å²) in [6, 6.07) is 2.35. The predicted molar refractivity (Wildman–Crippen MR) is 106 cm³/mol. The fourth-order valence-corrected chi connectivity index (χ4v) is 4.93. The molecule has 1 fully saturated rings. The van der Waals surface area contributed by atoms with Crippen LogP contribution >= 0.6 is 11.8 Å². The molecule has 26 heavy (non-hydrogen) atoms. The lowest BCUT2D eigenvalue weighted by molar-refractivity contribution is -0.122. The lowest BCUT2D eigenvalue weighted by atomic mass is 9.87. The number of aryl methyl sites for hydroxylation is 2. The van der Waals surface area contributed by atoms with Crippen LogP contribution in [-0.4, -0.2) is 35.1 Å². The Morgan fingerprint density at radius 1 is 1.31 bits per heavy atom. The standard InChI is InChI=1S/C20H29N3O2S/c1-13-6-8-16(9-7-13)22-17(24)5-4-10-23-18(25)12-26-20-19(23)14(2)11-15(3)21-20/h11,13,16H,4-10,12H2,1-3H3,(H,22,24). The molecule has 2 amide bonds. The molecule has 0 aromatic carbocycles. The summed E-state index contributed by atoms with van der Waals surface area (Å²) in [6.07, 6.45) is 5.73. The quantitative estimate of drug-likeness (QED) is 0.854. The molecule has 2 aliphatic rings. The van der Waals surface area contributed by atoms with Crippen LogP contribution in [0.25, 0.3) is 0 Å². The fraction of sp³-hybridized carbons (Fsp3) is 0.650. The van der Waals surface area contributed by atoms with Crippen LogP contribution in [0.4, 0.5) is 5.69 Å². The van der Waals surface area contributed by atoms with Crippen molar-refractivity contribution in [1.82, 2.24) is 10.3 Å². The van der Waals surface area contributed by atoms with E-state index >= 15 is 0 Å². The number of amides is 2. The van der Waals surface area contributed by atoms with Gasteiger partial charge in [0.1, 0.15) is 5.03 Å². The van der Waals surface area contributed by atoms with E-state index in [1.165, 1.54) is 24.6 Å². The molecule has 3 rings (SSSR count). The van der Waals surface area contributed by atoms with Gasteiger partial charge in [-0.05, 0) is 63.5 Å². The highest BCUT2D eigenvalue weighted by Gasteiger charge is 2.27. The van der Waals surface area contributed by atoms with Crippen LogP contribution in [0.5, 0.6) is 0 Å². The summed E-state index contributed by atoms with van der Waals surface area (Å²) in [5.41, 5.74) is 2.98. The maximum atomic E-state index is 12.4. The van der Waals surface area contributed by atoms with Crippen molar-refractivity contribution in [2.24, 2.45) is 5.92 Å². The Morgan fingerprint density at radius 2 is 2.04 bits per heavy atom. The Bertz CT molecular complexity index is 684. The molecular formula is C20H29N3O2S. The highest BCUT2D eigenvalue weighted by Crippen LogP contribution is 2.36. The van der Waals surface area contributed by atoms with Crippen LogP contribution in [0.15, 0.2) is 11.1 Å². The van der Waals surface area contributed by atoms with Crippen LogP contribution in [0.2, 0.25) is 0 Å². The van der Waals surface area contributed by atoms with E-state index in [1.54, 1.807) is 0 Å². The van der Waals surface area contributed by atoms with Crippen molar-refractivity contribution in [1.29, 1.82) is 0 Å². The summed E-state index contributed by atoms with van der Waals surface area (Å²) in [6.45, 7) is 6.86. The molecule has 6 heteroatoms. The maximum absolute atomic E-state index is 12.4. The highest BCUT2D eigenvalue weighted by molar-refractivity contribution is 8.00. The van der Waals surface area contributed by atoms with Crippen LogP contribution < -0.4 is 10.2 Å². The van der Waals surface area contributed by atoms with Crippen LogP contribution in [0, 0.1) is 19.8 Å². The van der Waals surface area contributed by atoms with E-state index in [-0.39, 0.29) is 11.8 Å². The number of pyridine rings is 1. The van der Waals surface area contributed by atoms with Crippen LogP contribution in [0.1, 0.15) is 56.7 Å². The zero-order valence-electron chi connectivity index (χ0n) is 16.0. The Labute approximate surface area is 160 Å². The SMILES string of the molecule is Cc1cc(C)c2c(n1)SCC(=O)N2CCCC(=O)NC1CCC(C)CC1. The molecule has 0 radical (unpaired) electrons. The molecular weight excluding hydrogens is 346 g/mol. The fourth-order valence-electron chi connectivity index (χ4n) is 3.90. The number of nitrogens with one attached hydrogen (secondary N) is 1. The van der Waals surface area contributed by atoms with Gasteiger partial charge in [-0.15, -0.1) is 0 Å². The first kappa shape index (κ1) is 19.2. The van der Waals surface area contributed by atoms with Gasteiger partial charge in [0.15, 0.2) is 0 Å². The first-order valence-electron chi connectivity index (χ1n) is 9.65. The molecule has 0 spiro atoms. The topological polar surface area (TPSA) is 62.3 Å². The van der Waals surface area contributed by atoms with Crippen molar-refractivity contribution >= 4 is 29.3 Å². The maximum Gasteiger partial charge on any atom is 0.237 e. The molecule has 0 atom stereocenters. The van der Waals surface area contributed by atoms with Gasteiger partial charge in [-0.3, -0.25) is 9.59 Å². The number of rotatable bonds is 5. The first-order chi connectivity index (χ1) is 12.4. The molecule has 1 N–H and O–H groups in total. The normalized spacial score (nSPS) is 22.9. The van der Waals surface area contributed by atoms with Gasteiger partial charge in [0.25, 0.3) is 0 Å². The predicted octanol–water partition coefficient (Wildman–Crippen LogP) is 3.61. The average Bonchev–Trinajstić information content (AvgIpc) is 2.59. The minimum absolute atomic E-state index is 0.109. The van der Waals surface area contributed by atoms with Crippen molar-refractivity contribution in [3.63, 3.8) is 0 Å². The summed E-state index contributed by atoms with van der Waals surface area (Å²) in [5, 5.41) is 4.10. The second-order valence-electron chi connectivity index (χ2n) is 7.70. The Hall–Kier alpha value is -1.56. The van der Waals surface area contributed by atoms with Crippen molar-refractivity contribution in [2.75, 3.05) is 17.2 Å². The molecule has 1 aliphatic heterocycles. The van der Waals surface area contributed by atoms with Gasteiger partial charge in [-0.25, -0.2) is 4.98 Å². The number of fused-ring (bicyclic) bond motifs is 1. The van der Waals surface area contributed by atoms with E-state index in [1.807, 2.05) is 24.8 Å². The average molecular weight is 376 g/mol. The first-order valence-corrected chi connectivity index (χ1v) is 10.6. The van der Waals surface area contributed by atoms with E-state index in [9.17, 15) is 9.59 Å². The third-order valence-corrected chi connectivity index (χ3v) is 6.30. The molecule has 1 aliphatic carbocycles. The molecule has 1 aromatic rings. The molecule has 5 nitrogen and oxygen atoms in total. The van der Waals surface area contributed by atoms with Crippen molar-refractivity contribution in [3.05, 3.63) is 17.3 Å². The van der Waals surface area contributed by atoms with Crippen LogP contribution in [-0.2, 0) is 9.59 Å². The van der Waals surface area contributed by atoms with E-state index in [0.717, 1.165) is 40.7 Å². The second kappa shape index (κ2) is 8.42. The van der Waals surface area contributed by atoms with Gasteiger partial charge in [0, 0.05) is 24.7 Å². The van der Waals surface area contributed by atoms with E-state index < -0.39 is 0 Å². The van der Waals surface area contributed by atoms with Crippen molar-refractivity contribution < 1.29 is 9.59 Å². The van der Waals surface area contributed by atoms with Crippen molar-refractivity contribution in [3.8, 4) is 0 Å². The van der Waals surface area contributed by atoms with E-state index in [0.29, 0.717) is 31.2 Å². The Morgan fingerprint density at radius 3 is 2.77 bits per heavy atom. The molecule has 142 valence electrons. The third-order valence-electron chi connectivity index (χ3n) is 5.35. The van der Waals surface area contributed by atoms with Gasteiger partial charge >= 0.3 is 0 Å². The van der Waals surface area contributed by atoms with Crippen LogP contribution in [0.3, 0.4) is 0 Å². The van der Waals surface area contributed by atoms with Gasteiger partial charge in [0.05, 0.1) is 11.4 Å². The molecule has 1 aromatic heterocycles. The van der Waals surface area contributed by atoms with Gasteiger partial charge in [0.2, 0.25) is 11.8 Å². The van der Waals surface area contributed by atoms with E-state index in [2.05, 4.69) is 17.2 Å². The molecule has 0 saturated heterocycles. The zero-order chi connectivity index (χ0) is 18.7. The van der Waals surface area contributed by atoms with E-state index in [4.69, 9.17) is 0 Å².